The Morgan fingerprint density at radius 2 is 1.79 bits per heavy atom. The number of nitrogens with zero attached hydrogens (tertiary/aromatic N) is 5. The lowest BCUT2D eigenvalue weighted by atomic mass is 9.77. The lowest BCUT2D eigenvalue weighted by Crippen LogP contribution is -2.66. The molecule has 5 rings (SSSR count). The van der Waals surface area contributed by atoms with Crippen molar-refractivity contribution in [2.75, 3.05) is 43.2 Å². The first kappa shape index (κ1) is 21.7. The average Bonchev–Trinajstić information content (AvgIpc) is 2.72. The number of ether oxygens (including phenoxy) is 1. The summed E-state index contributed by atoms with van der Waals surface area (Å²) in [6.07, 6.45) is 5.92. The zero-order valence-corrected chi connectivity index (χ0v) is 19.2. The van der Waals surface area contributed by atoms with Gasteiger partial charge in [-0.15, -0.1) is 0 Å². The molecule has 3 aromatic rings. The number of nitrogens with one attached hydrogen (secondary N) is 2. The molecule has 0 saturated carbocycles. The van der Waals surface area contributed by atoms with Crippen LogP contribution < -0.4 is 10.6 Å². The lowest BCUT2D eigenvalue weighted by Gasteiger charge is -2.57. The van der Waals surface area contributed by atoms with E-state index in [0.29, 0.717) is 28.9 Å². The number of rotatable bonds is 7. The highest BCUT2D eigenvalue weighted by Gasteiger charge is 2.50. The molecule has 5 heterocycles. The maximum atomic E-state index is 12.0. The Kier molecular flexibility index (Phi) is 5.47. The van der Waals surface area contributed by atoms with Crippen LogP contribution in [0.5, 0.6) is 0 Å². The molecule has 172 valence electrons. The fourth-order valence-corrected chi connectivity index (χ4v) is 4.91. The van der Waals surface area contributed by atoms with Gasteiger partial charge in [0.15, 0.2) is 9.84 Å². The van der Waals surface area contributed by atoms with Crippen LogP contribution in [0.15, 0.2) is 53.9 Å². The Morgan fingerprint density at radius 3 is 2.42 bits per heavy atom. The predicted octanol–water partition coefficient (Wildman–Crippen LogP) is 2.55. The number of likely N-dealkylation sites (tertiary alicyclic amines) is 1. The van der Waals surface area contributed by atoms with Crippen molar-refractivity contribution < 1.29 is 13.2 Å². The summed E-state index contributed by atoms with van der Waals surface area (Å²) in [5, 5.41) is 6.11. The van der Waals surface area contributed by atoms with Gasteiger partial charge in [0.25, 0.3) is 0 Å². The number of hydrogen-bond donors (Lipinski definition) is 2. The van der Waals surface area contributed by atoms with Crippen molar-refractivity contribution >= 4 is 33.1 Å². The maximum absolute atomic E-state index is 12.0. The quantitative estimate of drug-likeness (QED) is 0.536. The smallest absolute Gasteiger partial charge is 0.179 e. The molecule has 2 aliphatic rings. The van der Waals surface area contributed by atoms with Gasteiger partial charge in [-0.05, 0) is 30.7 Å². The molecule has 0 amide bonds. The van der Waals surface area contributed by atoms with E-state index in [4.69, 9.17) is 4.74 Å². The second-order valence-electron chi connectivity index (χ2n) is 8.71. The minimum atomic E-state index is -3.44. The number of sulfone groups is 1. The summed E-state index contributed by atoms with van der Waals surface area (Å²) in [4.78, 5) is 19.6. The van der Waals surface area contributed by atoms with Crippen LogP contribution >= 0.6 is 0 Å². The lowest BCUT2D eigenvalue weighted by molar-refractivity contribution is -0.197. The summed E-state index contributed by atoms with van der Waals surface area (Å²) in [6, 6.07) is 9.02. The molecule has 10 nitrogen and oxygen atoms in total. The van der Waals surface area contributed by atoms with Crippen molar-refractivity contribution in [2.45, 2.75) is 17.9 Å². The molecule has 0 aromatic carbocycles. The van der Waals surface area contributed by atoms with Crippen LogP contribution in [0.4, 0.5) is 23.3 Å². The molecule has 2 aliphatic heterocycles. The van der Waals surface area contributed by atoms with Crippen LogP contribution in [-0.4, -0.2) is 65.8 Å². The van der Waals surface area contributed by atoms with Gasteiger partial charge in [-0.3, -0.25) is 4.90 Å². The molecular formula is C22H25N7O3S. The van der Waals surface area contributed by atoms with Crippen molar-refractivity contribution in [3.05, 3.63) is 54.6 Å². The zero-order chi connectivity index (χ0) is 23.1. The molecule has 0 radical (unpaired) electrons. The third-order valence-corrected chi connectivity index (χ3v) is 7.18. The van der Waals surface area contributed by atoms with Gasteiger partial charge in [-0.25, -0.2) is 28.4 Å². The topological polar surface area (TPSA) is 122 Å². The minimum Gasteiger partial charge on any atom is -0.380 e. The first-order valence-corrected chi connectivity index (χ1v) is 12.5. The van der Waals surface area contributed by atoms with Crippen LogP contribution in [0.2, 0.25) is 0 Å². The van der Waals surface area contributed by atoms with Crippen molar-refractivity contribution in [2.24, 2.45) is 5.41 Å². The highest BCUT2D eigenvalue weighted by molar-refractivity contribution is 7.90. The van der Waals surface area contributed by atoms with E-state index in [1.165, 1.54) is 18.6 Å². The standard InChI is InChI=1S/C22H25N7O3S/c1-15(29-10-22(11-29)12-32-13-22)16-5-6-18(24-9-16)27-19-8-20(26-14-25-19)28-21-17(33(2,30)31)4-3-7-23-21/h3-9,14-15H,10-13H2,1-2H3,(H2,23,24,25,26,27,28)/t15-/m0/s1. The maximum Gasteiger partial charge on any atom is 0.179 e. The summed E-state index contributed by atoms with van der Waals surface area (Å²) in [6.45, 7) is 6.09. The van der Waals surface area contributed by atoms with Gasteiger partial charge in [0.1, 0.15) is 34.5 Å². The summed E-state index contributed by atoms with van der Waals surface area (Å²) >= 11 is 0. The van der Waals surface area contributed by atoms with Crippen molar-refractivity contribution in [1.82, 2.24) is 24.8 Å². The summed E-state index contributed by atoms with van der Waals surface area (Å²) in [7, 11) is -3.44. The predicted molar refractivity (Wildman–Crippen MR) is 123 cm³/mol. The van der Waals surface area contributed by atoms with Crippen molar-refractivity contribution in [1.29, 1.82) is 0 Å². The first-order chi connectivity index (χ1) is 15.8. The molecule has 0 unspecified atom stereocenters. The molecule has 0 aliphatic carbocycles. The van der Waals surface area contributed by atoms with E-state index in [9.17, 15) is 8.42 Å². The number of anilines is 4. The van der Waals surface area contributed by atoms with Crippen LogP contribution in [0.3, 0.4) is 0 Å². The Morgan fingerprint density at radius 1 is 1.03 bits per heavy atom. The first-order valence-electron chi connectivity index (χ1n) is 10.6. The molecule has 2 fully saturated rings. The highest BCUT2D eigenvalue weighted by Crippen LogP contribution is 2.41. The second-order valence-corrected chi connectivity index (χ2v) is 10.7. The normalized spacial score (nSPS) is 18.2. The van der Waals surface area contributed by atoms with E-state index >= 15 is 0 Å². The molecule has 3 aromatic heterocycles. The van der Waals surface area contributed by atoms with Gasteiger partial charge in [0.05, 0.1) is 13.2 Å². The number of hydrogen-bond acceptors (Lipinski definition) is 10. The van der Waals surface area contributed by atoms with E-state index in [2.05, 4.69) is 48.5 Å². The fourth-order valence-electron chi connectivity index (χ4n) is 4.13. The van der Waals surface area contributed by atoms with Crippen LogP contribution in [0.1, 0.15) is 18.5 Å². The van der Waals surface area contributed by atoms with Crippen LogP contribution in [0.25, 0.3) is 0 Å². The second kappa shape index (κ2) is 8.32. The van der Waals surface area contributed by atoms with E-state index in [0.717, 1.165) is 38.1 Å². The SMILES string of the molecule is C[C@@H](c1ccc(Nc2cc(Nc3ncccc3S(C)(=O)=O)ncn2)nc1)N1CC2(COC2)C1. The van der Waals surface area contributed by atoms with Crippen LogP contribution in [-0.2, 0) is 14.6 Å². The Hall–Kier alpha value is -3.15. The zero-order valence-electron chi connectivity index (χ0n) is 18.4. The molecule has 0 bridgehead atoms. The van der Waals surface area contributed by atoms with Crippen LogP contribution in [0, 0.1) is 5.41 Å². The van der Waals surface area contributed by atoms with Gasteiger partial charge in [0, 0.05) is 49.3 Å². The molecule has 1 atom stereocenters. The fraction of sp³-hybridized carbons (Fsp3) is 0.364. The van der Waals surface area contributed by atoms with Crippen molar-refractivity contribution in [3.8, 4) is 0 Å². The summed E-state index contributed by atoms with van der Waals surface area (Å²) in [5.41, 5.74) is 1.54. The molecule has 2 N–H and O–H groups in total. The van der Waals surface area contributed by atoms with E-state index < -0.39 is 9.84 Å². The molecule has 2 saturated heterocycles. The van der Waals surface area contributed by atoms with Gasteiger partial charge in [-0.2, -0.15) is 0 Å². The Bertz CT molecular complexity index is 1250. The molecule has 33 heavy (non-hydrogen) atoms. The molecule has 1 spiro atoms. The van der Waals surface area contributed by atoms with E-state index in [1.54, 1.807) is 12.1 Å². The Labute approximate surface area is 192 Å². The molecular weight excluding hydrogens is 442 g/mol. The summed E-state index contributed by atoms with van der Waals surface area (Å²) < 4.78 is 29.4. The largest absolute Gasteiger partial charge is 0.380 e. The van der Waals surface area contributed by atoms with E-state index in [-0.39, 0.29) is 10.7 Å². The highest BCUT2D eigenvalue weighted by atomic mass is 32.2. The van der Waals surface area contributed by atoms with Gasteiger partial charge < -0.3 is 15.4 Å². The van der Waals surface area contributed by atoms with Gasteiger partial charge in [0.2, 0.25) is 0 Å². The Balaban J connectivity index is 1.25. The van der Waals surface area contributed by atoms with Gasteiger partial charge in [-0.1, -0.05) is 6.07 Å². The third-order valence-electron chi connectivity index (χ3n) is 6.05. The number of aromatic nitrogens is 4. The van der Waals surface area contributed by atoms with Crippen molar-refractivity contribution in [3.63, 3.8) is 0 Å². The average molecular weight is 468 g/mol. The van der Waals surface area contributed by atoms with E-state index in [1.807, 2.05) is 12.3 Å². The third kappa shape index (κ3) is 4.52. The minimum absolute atomic E-state index is 0.0995. The summed E-state index contributed by atoms with van der Waals surface area (Å²) in [5.74, 6) is 1.79. The number of pyridine rings is 2. The van der Waals surface area contributed by atoms with Gasteiger partial charge >= 0.3 is 0 Å². The monoisotopic (exact) mass is 467 g/mol. The molecule has 11 heteroatoms.